The largest absolute Gasteiger partial charge is 0.489 e. The van der Waals surface area contributed by atoms with Gasteiger partial charge in [-0.3, -0.25) is 9.59 Å². The van der Waals surface area contributed by atoms with Crippen LogP contribution in [0.25, 0.3) is 5.69 Å². The molecule has 0 N–H and O–H groups in total. The second-order valence-corrected chi connectivity index (χ2v) is 10.2. The lowest BCUT2D eigenvalue weighted by Gasteiger charge is -2.13. The minimum atomic E-state index is -0.233. The summed E-state index contributed by atoms with van der Waals surface area (Å²) in [4.78, 5) is 25.8. The molecule has 2 fully saturated rings. The van der Waals surface area contributed by atoms with Crippen LogP contribution in [-0.4, -0.2) is 27.6 Å². The Kier molecular flexibility index (Phi) is 5.40. The maximum atomic E-state index is 12.9. The zero-order valence-corrected chi connectivity index (χ0v) is 20.7. The van der Waals surface area contributed by atoms with E-state index < -0.39 is 0 Å². The maximum Gasteiger partial charge on any atom is 0.254 e. The fourth-order valence-electron chi connectivity index (χ4n) is 6.10. The van der Waals surface area contributed by atoms with Crippen molar-refractivity contribution in [1.29, 1.82) is 0 Å². The van der Waals surface area contributed by atoms with E-state index in [4.69, 9.17) is 4.74 Å². The first-order chi connectivity index (χ1) is 17.4. The van der Waals surface area contributed by atoms with Gasteiger partial charge in [0, 0.05) is 22.6 Å². The van der Waals surface area contributed by atoms with Crippen molar-refractivity contribution in [2.45, 2.75) is 33.8 Å². The number of carbonyl (C=O) groups excluding carboxylic acids is 2. The number of fused-ring (bicyclic) bond motifs is 5. The van der Waals surface area contributed by atoms with Crippen LogP contribution < -0.4 is 4.74 Å². The SMILES string of the molecule is Cc1cccc(COc2ccc(-n3c(C)cc(C=NN4C(=O)C5C6C=CC(C6)C5C4=O)c3C)cc2)c1. The number of ether oxygens (including phenoxy) is 1. The lowest BCUT2D eigenvalue weighted by Crippen LogP contribution is -2.28. The molecule has 2 bridgehead atoms. The molecule has 6 heteroatoms. The molecule has 2 heterocycles. The van der Waals surface area contributed by atoms with Crippen LogP contribution in [0.2, 0.25) is 0 Å². The van der Waals surface area contributed by atoms with Crippen LogP contribution in [-0.2, 0) is 16.2 Å². The number of nitrogens with zero attached hydrogens (tertiary/aromatic N) is 3. The van der Waals surface area contributed by atoms with Gasteiger partial charge in [-0.05, 0) is 74.9 Å². The average molecular weight is 480 g/mol. The van der Waals surface area contributed by atoms with Gasteiger partial charge in [-0.25, -0.2) is 0 Å². The summed E-state index contributed by atoms with van der Waals surface area (Å²) in [5, 5.41) is 5.47. The summed E-state index contributed by atoms with van der Waals surface area (Å²) in [6, 6.07) is 18.3. The Balaban J connectivity index is 1.17. The molecule has 6 nitrogen and oxygen atoms in total. The number of allylic oxidation sites excluding steroid dienone is 2. The molecule has 182 valence electrons. The van der Waals surface area contributed by atoms with Gasteiger partial charge < -0.3 is 9.30 Å². The van der Waals surface area contributed by atoms with Crippen molar-refractivity contribution in [3.8, 4) is 11.4 Å². The molecule has 0 spiro atoms. The van der Waals surface area contributed by atoms with Crippen molar-refractivity contribution in [3.05, 3.63) is 94.8 Å². The van der Waals surface area contributed by atoms with Crippen LogP contribution in [0.1, 0.15) is 34.5 Å². The third-order valence-corrected chi connectivity index (χ3v) is 7.81. The fraction of sp³-hybridized carbons (Fsp3) is 0.300. The lowest BCUT2D eigenvalue weighted by molar-refractivity contribution is -0.140. The molecule has 3 aromatic rings. The first kappa shape index (κ1) is 22.5. The number of hydrogen-bond acceptors (Lipinski definition) is 4. The molecule has 1 saturated carbocycles. The molecule has 4 atom stereocenters. The first-order valence-electron chi connectivity index (χ1n) is 12.5. The summed E-state index contributed by atoms with van der Waals surface area (Å²) in [6.45, 7) is 6.65. The second kappa shape index (κ2) is 8.63. The number of hydrogen-bond donors (Lipinski definition) is 0. The zero-order valence-electron chi connectivity index (χ0n) is 20.7. The van der Waals surface area contributed by atoms with Crippen molar-refractivity contribution in [2.24, 2.45) is 28.8 Å². The van der Waals surface area contributed by atoms with E-state index in [1.165, 1.54) is 5.56 Å². The molecule has 1 saturated heterocycles. The molecule has 2 aliphatic carbocycles. The summed E-state index contributed by atoms with van der Waals surface area (Å²) in [7, 11) is 0. The van der Waals surface area contributed by atoms with Gasteiger partial charge in [-0.1, -0.05) is 42.0 Å². The van der Waals surface area contributed by atoms with Crippen LogP contribution >= 0.6 is 0 Å². The Morgan fingerprint density at radius 2 is 1.64 bits per heavy atom. The van der Waals surface area contributed by atoms with Gasteiger partial charge in [-0.15, -0.1) is 0 Å². The van der Waals surface area contributed by atoms with E-state index in [0.717, 1.165) is 45.4 Å². The molecule has 2 aromatic carbocycles. The van der Waals surface area contributed by atoms with E-state index in [2.05, 4.69) is 46.9 Å². The van der Waals surface area contributed by atoms with Crippen LogP contribution in [0, 0.1) is 44.4 Å². The topological polar surface area (TPSA) is 63.9 Å². The molecule has 2 amide bonds. The summed E-state index contributed by atoms with van der Waals surface area (Å²) < 4.78 is 8.10. The van der Waals surface area contributed by atoms with Crippen LogP contribution in [0.4, 0.5) is 0 Å². The molecule has 36 heavy (non-hydrogen) atoms. The van der Waals surface area contributed by atoms with Crippen LogP contribution in [0.5, 0.6) is 5.75 Å². The van der Waals surface area contributed by atoms with Crippen LogP contribution in [0.15, 0.2) is 71.9 Å². The van der Waals surface area contributed by atoms with Gasteiger partial charge in [0.1, 0.15) is 12.4 Å². The highest BCUT2D eigenvalue weighted by Crippen LogP contribution is 2.52. The predicted octanol–water partition coefficient (Wildman–Crippen LogP) is 5.12. The third kappa shape index (κ3) is 3.68. The van der Waals surface area contributed by atoms with Gasteiger partial charge in [-0.2, -0.15) is 10.1 Å². The average Bonchev–Trinajstić information content (AvgIpc) is 3.61. The van der Waals surface area contributed by atoms with Crippen molar-refractivity contribution in [1.82, 2.24) is 9.58 Å². The molecule has 0 radical (unpaired) electrons. The molecular formula is C30H29N3O3. The Bertz CT molecular complexity index is 1390. The molecule has 6 rings (SSSR count). The summed E-state index contributed by atoms with van der Waals surface area (Å²) >= 11 is 0. The van der Waals surface area contributed by atoms with E-state index in [-0.39, 0.29) is 35.5 Å². The highest BCUT2D eigenvalue weighted by molar-refractivity contribution is 6.06. The number of rotatable bonds is 6. The van der Waals surface area contributed by atoms with E-state index in [1.807, 2.05) is 50.2 Å². The normalized spacial score (nSPS) is 24.4. The predicted molar refractivity (Wildman–Crippen MR) is 138 cm³/mol. The van der Waals surface area contributed by atoms with Gasteiger partial charge >= 0.3 is 0 Å². The molecule has 1 aromatic heterocycles. The fourth-order valence-corrected chi connectivity index (χ4v) is 6.10. The first-order valence-corrected chi connectivity index (χ1v) is 12.5. The standard InChI is InChI=1S/C30H29N3O3/c1-18-5-4-6-21(13-18)17-36-26-11-9-25(10-12-26)32-19(2)14-24(20(32)3)16-31-33-29(34)27-22-7-8-23(15-22)28(27)30(33)35/h4-14,16,22-23,27-28H,15,17H2,1-3H3. The number of imide groups is 1. The van der Waals surface area contributed by atoms with Crippen molar-refractivity contribution >= 4 is 18.0 Å². The van der Waals surface area contributed by atoms with E-state index in [9.17, 15) is 9.59 Å². The smallest absolute Gasteiger partial charge is 0.254 e. The molecule has 3 aliphatic rings. The quantitative estimate of drug-likeness (QED) is 0.280. The number of hydrazone groups is 1. The number of aryl methyl sites for hydroxylation is 2. The van der Waals surface area contributed by atoms with Crippen molar-refractivity contribution in [3.63, 3.8) is 0 Å². The lowest BCUT2D eigenvalue weighted by atomic mass is 9.85. The number of aromatic nitrogens is 1. The van der Waals surface area contributed by atoms with E-state index >= 15 is 0 Å². The van der Waals surface area contributed by atoms with E-state index in [0.29, 0.717) is 6.61 Å². The molecule has 4 unspecified atom stereocenters. The van der Waals surface area contributed by atoms with Crippen LogP contribution in [0.3, 0.4) is 0 Å². The van der Waals surface area contributed by atoms with Gasteiger partial charge in [0.2, 0.25) is 0 Å². The Hall–Kier alpha value is -3.93. The van der Waals surface area contributed by atoms with Gasteiger partial charge in [0.05, 0.1) is 18.1 Å². The molecular weight excluding hydrogens is 450 g/mol. The van der Waals surface area contributed by atoms with E-state index in [1.54, 1.807) is 6.21 Å². The minimum Gasteiger partial charge on any atom is -0.489 e. The van der Waals surface area contributed by atoms with Crippen molar-refractivity contribution < 1.29 is 14.3 Å². The minimum absolute atomic E-state index is 0.159. The summed E-state index contributed by atoms with van der Waals surface area (Å²) in [5.41, 5.74) is 6.28. The number of benzene rings is 2. The summed E-state index contributed by atoms with van der Waals surface area (Å²) in [6.07, 6.45) is 6.75. The Morgan fingerprint density at radius 3 is 2.31 bits per heavy atom. The zero-order chi connectivity index (χ0) is 25.0. The van der Waals surface area contributed by atoms with Crippen molar-refractivity contribution in [2.75, 3.05) is 0 Å². The second-order valence-electron chi connectivity index (χ2n) is 10.2. The number of carbonyl (C=O) groups is 2. The van der Waals surface area contributed by atoms with Gasteiger partial charge in [0.15, 0.2) is 0 Å². The highest BCUT2D eigenvalue weighted by Gasteiger charge is 2.59. The van der Waals surface area contributed by atoms with Gasteiger partial charge in [0.25, 0.3) is 11.8 Å². The maximum absolute atomic E-state index is 12.9. The monoisotopic (exact) mass is 479 g/mol. The number of amides is 2. The highest BCUT2D eigenvalue weighted by atomic mass is 16.5. The third-order valence-electron chi connectivity index (χ3n) is 7.81. The Morgan fingerprint density at radius 1 is 0.944 bits per heavy atom. The molecule has 1 aliphatic heterocycles. The summed E-state index contributed by atoms with van der Waals surface area (Å²) in [5.74, 6) is 0.397. The Labute approximate surface area is 210 Å².